The second kappa shape index (κ2) is 9.30. The first-order valence-electron chi connectivity index (χ1n) is 8.97. The number of ether oxygens (including phenoxy) is 1. The largest absolute Gasteiger partial charge is 0.497 e. The van der Waals surface area contributed by atoms with E-state index in [9.17, 15) is 0 Å². The Kier molecular flexibility index (Phi) is 7.05. The summed E-state index contributed by atoms with van der Waals surface area (Å²) in [4.78, 5) is 13.2. The third-order valence-electron chi connectivity index (χ3n) is 4.89. The molecule has 4 rings (SSSR count). The standard InChI is InChI=1S/C19H24N4OS2.ClH/c1-13-18(25-12-21-13)10-23(9-14-5-6-20-8-14)11-19-22-16-4-3-15(24-2)7-17(16)26-19;/h3-4,7,12,14,20H,5-6,8-11H2,1-2H3;1H. The van der Waals surface area contributed by atoms with Crippen molar-refractivity contribution in [1.29, 1.82) is 0 Å². The SMILES string of the molecule is COc1ccc2nc(CN(Cc3scnc3C)CC3CCNC3)sc2c1.Cl. The number of hydrogen-bond acceptors (Lipinski definition) is 7. The summed E-state index contributed by atoms with van der Waals surface area (Å²) >= 11 is 3.52. The van der Waals surface area contributed by atoms with Crippen LogP contribution in [0.25, 0.3) is 10.2 Å². The Labute approximate surface area is 174 Å². The average molecular weight is 425 g/mol. The molecule has 1 aromatic carbocycles. The molecular formula is C19H25ClN4OS2. The lowest BCUT2D eigenvalue weighted by Crippen LogP contribution is -2.29. The molecule has 0 saturated carbocycles. The summed E-state index contributed by atoms with van der Waals surface area (Å²) < 4.78 is 6.53. The van der Waals surface area contributed by atoms with E-state index in [0.717, 1.165) is 55.6 Å². The van der Waals surface area contributed by atoms with Gasteiger partial charge in [0.1, 0.15) is 10.8 Å². The van der Waals surface area contributed by atoms with Crippen LogP contribution in [0.2, 0.25) is 0 Å². The number of hydrogen-bond donors (Lipinski definition) is 1. The Bertz CT molecular complexity index is 876. The molecule has 1 atom stereocenters. The van der Waals surface area contributed by atoms with Crippen molar-refractivity contribution < 1.29 is 4.74 Å². The number of fused-ring (bicyclic) bond motifs is 1. The lowest BCUT2D eigenvalue weighted by Gasteiger charge is -2.24. The smallest absolute Gasteiger partial charge is 0.120 e. The molecule has 3 aromatic rings. The molecule has 1 aliphatic rings. The zero-order chi connectivity index (χ0) is 17.9. The maximum absolute atomic E-state index is 5.34. The Morgan fingerprint density at radius 3 is 2.93 bits per heavy atom. The minimum absolute atomic E-state index is 0. The molecule has 8 heteroatoms. The molecule has 1 saturated heterocycles. The number of aryl methyl sites for hydroxylation is 1. The Hall–Kier alpha value is -1.25. The van der Waals surface area contributed by atoms with Gasteiger partial charge in [0.05, 0.1) is 35.1 Å². The van der Waals surface area contributed by atoms with Crippen LogP contribution < -0.4 is 10.1 Å². The van der Waals surface area contributed by atoms with E-state index in [1.54, 1.807) is 29.8 Å². The number of benzene rings is 1. The monoisotopic (exact) mass is 424 g/mol. The van der Waals surface area contributed by atoms with E-state index in [4.69, 9.17) is 9.72 Å². The summed E-state index contributed by atoms with van der Waals surface area (Å²) in [5.74, 6) is 1.61. The van der Waals surface area contributed by atoms with E-state index in [2.05, 4.69) is 28.2 Å². The van der Waals surface area contributed by atoms with Crippen LogP contribution in [0.15, 0.2) is 23.7 Å². The van der Waals surface area contributed by atoms with Gasteiger partial charge in [0.15, 0.2) is 0 Å². The van der Waals surface area contributed by atoms with Gasteiger partial charge in [0.2, 0.25) is 0 Å². The minimum atomic E-state index is 0. The Balaban J connectivity index is 0.00000210. The van der Waals surface area contributed by atoms with Crippen LogP contribution >= 0.6 is 35.1 Å². The predicted octanol–water partition coefficient (Wildman–Crippen LogP) is 4.10. The van der Waals surface area contributed by atoms with Gasteiger partial charge in [-0.2, -0.15) is 0 Å². The summed E-state index contributed by atoms with van der Waals surface area (Å²) in [5, 5.41) is 4.65. The lowest BCUT2D eigenvalue weighted by molar-refractivity contribution is 0.222. The van der Waals surface area contributed by atoms with E-state index >= 15 is 0 Å². The van der Waals surface area contributed by atoms with Gasteiger partial charge in [-0.3, -0.25) is 4.90 Å². The zero-order valence-electron chi connectivity index (χ0n) is 15.6. The van der Waals surface area contributed by atoms with Crippen molar-refractivity contribution in [2.45, 2.75) is 26.4 Å². The highest BCUT2D eigenvalue weighted by Gasteiger charge is 2.20. The highest BCUT2D eigenvalue weighted by molar-refractivity contribution is 7.18. The van der Waals surface area contributed by atoms with Gasteiger partial charge in [-0.05, 0) is 50.6 Å². The van der Waals surface area contributed by atoms with Crippen molar-refractivity contribution in [2.75, 3.05) is 26.7 Å². The normalized spacial score (nSPS) is 16.8. The molecule has 5 nitrogen and oxygen atoms in total. The number of rotatable bonds is 7. The van der Waals surface area contributed by atoms with Crippen LogP contribution in [0.3, 0.4) is 0 Å². The number of halogens is 1. The van der Waals surface area contributed by atoms with Crippen molar-refractivity contribution in [3.63, 3.8) is 0 Å². The van der Waals surface area contributed by atoms with E-state index in [1.807, 2.05) is 17.6 Å². The van der Waals surface area contributed by atoms with Crippen molar-refractivity contribution in [3.05, 3.63) is 39.3 Å². The van der Waals surface area contributed by atoms with Crippen LogP contribution in [-0.2, 0) is 13.1 Å². The van der Waals surface area contributed by atoms with Gasteiger partial charge >= 0.3 is 0 Å². The maximum atomic E-state index is 5.34. The summed E-state index contributed by atoms with van der Waals surface area (Å²) in [6, 6.07) is 6.11. The van der Waals surface area contributed by atoms with E-state index in [1.165, 1.54) is 21.0 Å². The molecule has 1 unspecified atom stereocenters. The second-order valence-electron chi connectivity index (χ2n) is 6.83. The summed E-state index contributed by atoms with van der Waals surface area (Å²) in [6.07, 6.45) is 1.26. The van der Waals surface area contributed by atoms with Crippen LogP contribution in [0.1, 0.15) is 22.0 Å². The molecule has 1 N–H and O–H groups in total. The minimum Gasteiger partial charge on any atom is -0.497 e. The molecule has 0 spiro atoms. The molecule has 0 aliphatic carbocycles. The lowest BCUT2D eigenvalue weighted by atomic mass is 10.1. The van der Waals surface area contributed by atoms with Crippen molar-refractivity contribution in [1.82, 2.24) is 20.2 Å². The third-order valence-corrected chi connectivity index (χ3v) is 6.81. The number of nitrogens with zero attached hydrogens (tertiary/aromatic N) is 3. The van der Waals surface area contributed by atoms with Crippen LogP contribution in [0.4, 0.5) is 0 Å². The fourth-order valence-electron chi connectivity index (χ4n) is 3.44. The molecule has 27 heavy (non-hydrogen) atoms. The van der Waals surface area contributed by atoms with E-state index < -0.39 is 0 Å². The molecule has 1 aliphatic heterocycles. The number of thiazole rings is 2. The van der Waals surface area contributed by atoms with E-state index in [-0.39, 0.29) is 12.4 Å². The van der Waals surface area contributed by atoms with Crippen LogP contribution in [0.5, 0.6) is 5.75 Å². The van der Waals surface area contributed by atoms with Gasteiger partial charge < -0.3 is 10.1 Å². The number of methoxy groups -OCH3 is 1. The third kappa shape index (κ3) is 4.97. The summed E-state index contributed by atoms with van der Waals surface area (Å²) in [7, 11) is 1.71. The number of aromatic nitrogens is 2. The molecular weight excluding hydrogens is 400 g/mol. The molecule has 0 bridgehead atoms. The fourth-order valence-corrected chi connectivity index (χ4v) is 5.30. The van der Waals surface area contributed by atoms with Crippen molar-refractivity contribution in [3.8, 4) is 5.75 Å². The quantitative estimate of drug-likeness (QED) is 0.618. The molecule has 2 aromatic heterocycles. The van der Waals surface area contributed by atoms with E-state index in [0.29, 0.717) is 0 Å². The molecule has 0 amide bonds. The average Bonchev–Trinajstić information content (AvgIpc) is 3.36. The highest BCUT2D eigenvalue weighted by atomic mass is 35.5. The van der Waals surface area contributed by atoms with Gasteiger partial charge in [0.25, 0.3) is 0 Å². The van der Waals surface area contributed by atoms with Gasteiger partial charge in [-0.1, -0.05) is 0 Å². The fraction of sp³-hybridized carbons (Fsp3) is 0.474. The Morgan fingerprint density at radius 1 is 1.33 bits per heavy atom. The van der Waals surface area contributed by atoms with Crippen molar-refractivity contribution in [2.24, 2.45) is 5.92 Å². The topological polar surface area (TPSA) is 50.3 Å². The summed E-state index contributed by atoms with van der Waals surface area (Å²) in [5.41, 5.74) is 4.16. The van der Waals surface area contributed by atoms with Crippen molar-refractivity contribution >= 4 is 45.3 Å². The Morgan fingerprint density at radius 2 is 2.22 bits per heavy atom. The second-order valence-corrected chi connectivity index (χ2v) is 8.89. The highest BCUT2D eigenvalue weighted by Crippen LogP contribution is 2.28. The predicted molar refractivity (Wildman–Crippen MR) is 115 cm³/mol. The van der Waals surface area contributed by atoms with Gasteiger partial charge in [-0.15, -0.1) is 35.1 Å². The van der Waals surface area contributed by atoms with Crippen LogP contribution in [0, 0.1) is 12.8 Å². The van der Waals surface area contributed by atoms with Gasteiger partial charge in [0, 0.05) is 18.0 Å². The molecule has 1 fully saturated rings. The summed E-state index contributed by atoms with van der Waals surface area (Å²) in [6.45, 7) is 7.30. The molecule has 146 valence electrons. The zero-order valence-corrected chi connectivity index (χ0v) is 18.1. The number of nitrogens with one attached hydrogen (secondary N) is 1. The van der Waals surface area contributed by atoms with Gasteiger partial charge in [-0.25, -0.2) is 9.97 Å². The molecule has 0 radical (unpaired) electrons. The van der Waals surface area contributed by atoms with Crippen LogP contribution in [-0.4, -0.2) is 41.6 Å². The molecule has 3 heterocycles. The first kappa shape index (κ1) is 20.5. The maximum Gasteiger partial charge on any atom is 0.120 e. The first-order valence-corrected chi connectivity index (χ1v) is 10.7. The first-order chi connectivity index (χ1) is 12.7.